The van der Waals surface area contributed by atoms with Crippen LogP contribution in [-0.2, 0) is 6.54 Å². The molecule has 2 aromatic rings. The number of benzene rings is 1. The number of rotatable bonds is 7. The van der Waals surface area contributed by atoms with Crippen molar-refractivity contribution in [3.05, 3.63) is 45.4 Å². The molecule has 0 aliphatic carbocycles. The molecule has 1 aromatic carbocycles. The van der Waals surface area contributed by atoms with Crippen LogP contribution in [0, 0.1) is 20.8 Å². The van der Waals surface area contributed by atoms with Gasteiger partial charge in [0.15, 0.2) is 5.96 Å². The third-order valence-corrected chi connectivity index (χ3v) is 4.70. The van der Waals surface area contributed by atoms with Crippen molar-refractivity contribution in [3.63, 3.8) is 0 Å². The molecule has 1 aromatic heterocycles. The molecule has 1 atom stereocenters. The first-order valence-corrected chi connectivity index (χ1v) is 9.48. The number of halogens is 1. The van der Waals surface area contributed by atoms with Crippen LogP contribution in [0.1, 0.15) is 35.0 Å². The van der Waals surface area contributed by atoms with Crippen molar-refractivity contribution in [1.29, 1.82) is 0 Å². The maximum Gasteiger partial charge on any atom is 0.191 e. The van der Waals surface area contributed by atoms with E-state index in [1.807, 2.05) is 32.9 Å². The van der Waals surface area contributed by atoms with Gasteiger partial charge in [0.25, 0.3) is 0 Å². The summed E-state index contributed by atoms with van der Waals surface area (Å²) in [5.74, 6) is 1.69. The minimum atomic E-state index is 0. The third kappa shape index (κ3) is 7.49. The highest BCUT2D eigenvalue weighted by Crippen LogP contribution is 2.17. The van der Waals surface area contributed by atoms with E-state index in [9.17, 15) is 0 Å². The molecule has 0 bridgehead atoms. The van der Waals surface area contributed by atoms with Gasteiger partial charge in [-0.2, -0.15) is 0 Å². The van der Waals surface area contributed by atoms with Crippen molar-refractivity contribution < 1.29 is 4.74 Å². The SMILES string of the molecule is CCNC(=NCc1sc(C)nc1C)NCC(C)Oc1ccc(C)cc1.I. The molecule has 144 valence electrons. The fourth-order valence-electron chi connectivity index (χ4n) is 2.34. The van der Waals surface area contributed by atoms with Gasteiger partial charge in [-0.3, -0.25) is 0 Å². The first-order chi connectivity index (χ1) is 12.0. The highest BCUT2D eigenvalue weighted by molar-refractivity contribution is 14.0. The van der Waals surface area contributed by atoms with Crippen molar-refractivity contribution >= 4 is 41.3 Å². The fraction of sp³-hybridized carbons (Fsp3) is 0.474. The van der Waals surface area contributed by atoms with Gasteiger partial charge in [-0.1, -0.05) is 17.7 Å². The Bertz CT molecular complexity index is 700. The summed E-state index contributed by atoms with van der Waals surface area (Å²) in [5.41, 5.74) is 2.30. The van der Waals surface area contributed by atoms with E-state index in [4.69, 9.17) is 4.74 Å². The smallest absolute Gasteiger partial charge is 0.191 e. The molecule has 0 saturated heterocycles. The lowest BCUT2D eigenvalue weighted by molar-refractivity contribution is 0.224. The molecule has 0 radical (unpaired) electrons. The lowest BCUT2D eigenvalue weighted by Gasteiger charge is -2.17. The lowest BCUT2D eigenvalue weighted by atomic mass is 10.2. The standard InChI is InChI=1S/C19H28N4OS.HI/c1-6-20-19(22-12-18-15(4)23-16(5)25-18)21-11-14(3)24-17-9-7-13(2)8-10-17;/h7-10,14H,6,11-12H2,1-5H3,(H2,20,21,22);1H. The van der Waals surface area contributed by atoms with Gasteiger partial charge in [0.05, 0.1) is 23.8 Å². The summed E-state index contributed by atoms with van der Waals surface area (Å²) in [6.07, 6.45) is 0.0407. The molecule has 2 N–H and O–H groups in total. The van der Waals surface area contributed by atoms with Gasteiger partial charge in [-0.15, -0.1) is 35.3 Å². The van der Waals surface area contributed by atoms with Gasteiger partial charge >= 0.3 is 0 Å². The van der Waals surface area contributed by atoms with Gasteiger partial charge in [0.1, 0.15) is 11.9 Å². The van der Waals surface area contributed by atoms with Crippen LogP contribution in [-0.4, -0.2) is 30.1 Å². The molecule has 0 saturated carbocycles. The predicted octanol–water partition coefficient (Wildman–Crippen LogP) is 4.21. The van der Waals surface area contributed by atoms with Crippen LogP contribution in [0.2, 0.25) is 0 Å². The summed E-state index contributed by atoms with van der Waals surface area (Å²) in [5, 5.41) is 7.70. The van der Waals surface area contributed by atoms with Gasteiger partial charge in [-0.05, 0) is 46.8 Å². The Hall–Kier alpha value is -1.35. The predicted molar refractivity (Wildman–Crippen MR) is 121 cm³/mol. The average molecular weight is 488 g/mol. The van der Waals surface area contributed by atoms with Crippen molar-refractivity contribution in [2.75, 3.05) is 13.1 Å². The zero-order valence-electron chi connectivity index (χ0n) is 16.1. The van der Waals surface area contributed by atoms with Crippen LogP contribution < -0.4 is 15.4 Å². The van der Waals surface area contributed by atoms with E-state index in [0.717, 1.165) is 29.0 Å². The van der Waals surface area contributed by atoms with E-state index in [1.165, 1.54) is 10.4 Å². The van der Waals surface area contributed by atoms with E-state index < -0.39 is 0 Å². The molecule has 0 fully saturated rings. The fourth-order valence-corrected chi connectivity index (χ4v) is 3.21. The minimum absolute atomic E-state index is 0. The lowest BCUT2D eigenvalue weighted by Crippen LogP contribution is -2.41. The number of nitrogens with zero attached hydrogens (tertiary/aromatic N) is 2. The Balaban J connectivity index is 0.00000338. The largest absolute Gasteiger partial charge is 0.489 e. The minimum Gasteiger partial charge on any atom is -0.489 e. The molecule has 0 aliphatic rings. The summed E-state index contributed by atoms with van der Waals surface area (Å²) in [4.78, 5) is 10.3. The Morgan fingerprint density at radius 1 is 1.19 bits per heavy atom. The summed E-state index contributed by atoms with van der Waals surface area (Å²) < 4.78 is 5.93. The Morgan fingerprint density at radius 2 is 1.88 bits per heavy atom. The molecule has 26 heavy (non-hydrogen) atoms. The van der Waals surface area contributed by atoms with Gasteiger partial charge in [0.2, 0.25) is 0 Å². The van der Waals surface area contributed by atoms with E-state index >= 15 is 0 Å². The number of thiazole rings is 1. The number of aliphatic imine (C=N–C) groups is 1. The first kappa shape index (κ1) is 22.7. The Morgan fingerprint density at radius 3 is 2.46 bits per heavy atom. The molecular formula is C19H29IN4OS. The highest BCUT2D eigenvalue weighted by Gasteiger charge is 2.07. The van der Waals surface area contributed by atoms with Crippen molar-refractivity contribution in [2.24, 2.45) is 4.99 Å². The van der Waals surface area contributed by atoms with Crippen LogP contribution in [0.15, 0.2) is 29.3 Å². The van der Waals surface area contributed by atoms with Crippen molar-refractivity contribution in [3.8, 4) is 5.75 Å². The van der Waals surface area contributed by atoms with Crippen molar-refractivity contribution in [2.45, 2.75) is 47.3 Å². The average Bonchev–Trinajstić information content (AvgIpc) is 2.90. The normalized spacial score (nSPS) is 12.3. The molecular weight excluding hydrogens is 459 g/mol. The van der Waals surface area contributed by atoms with Gasteiger partial charge < -0.3 is 15.4 Å². The monoisotopic (exact) mass is 488 g/mol. The molecule has 1 heterocycles. The number of hydrogen-bond donors (Lipinski definition) is 2. The molecule has 0 spiro atoms. The molecule has 0 amide bonds. The number of ether oxygens (including phenoxy) is 1. The number of guanidine groups is 1. The Labute approximate surface area is 177 Å². The molecule has 1 unspecified atom stereocenters. The summed E-state index contributed by atoms with van der Waals surface area (Å²) in [7, 11) is 0. The molecule has 2 rings (SSSR count). The first-order valence-electron chi connectivity index (χ1n) is 8.66. The van der Waals surface area contributed by atoms with Gasteiger partial charge in [0, 0.05) is 11.4 Å². The van der Waals surface area contributed by atoms with Crippen molar-refractivity contribution in [1.82, 2.24) is 15.6 Å². The molecule has 0 aliphatic heterocycles. The second kappa shape index (κ2) is 11.4. The summed E-state index contributed by atoms with van der Waals surface area (Å²) in [6.45, 7) is 12.4. The molecule has 5 nitrogen and oxygen atoms in total. The number of aromatic nitrogens is 1. The van der Waals surface area contributed by atoms with E-state index in [1.54, 1.807) is 11.3 Å². The Kier molecular flexibility index (Phi) is 9.93. The second-order valence-corrected chi connectivity index (χ2v) is 7.35. The highest BCUT2D eigenvalue weighted by atomic mass is 127. The maximum atomic E-state index is 5.93. The summed E-state index contributed by atoms with van der Waals surface area (Å²) in [6, 6.07) is 8.11. The van der Waals surface area contributed by atoms with Crippen LogP contribution in [0.25, 0.3) is 0 Å². The van der Waals surface area contributed by atoms with E-state index in [0.29, 0.717) is 13.1 Å². The second-order valence-electron chi connectivity index (χ2n) is 6.06. The quantitative estimate of drug-likeness (QED) is 0.348. The zero-order chi connectivity index (χ0) is 18.2. The van der Waals surface area contributed by atoms with E-state index in [-0.39, 0.29) is 30.1 Å². The number of aryl methyl sites for hydroxylation is 3. The number of hydrogen-bond acceptors (Lipinski definition) is 4. The maximum absolute atomic E-state index is 5.93. The summed E-state index contributed by atoms with van der Waals surface area (Å²) >= 11 is 1.70. The number of nitrogens with one attached hydrogen (secondary N) is 2. The topological polar surface area (TPSA) is 58.5 Å². The third-order valence-electron chi connectivity index (χ3n) is 3.64. The van der Waals surface area contributed by atoms with Gasteiger partial charge in [-0.25, -0.2) is 9.98 Å². The van der Waals surface area contributed by atoms with E-state index in [2.05, 4.69) is 46.6 Å². The van der Waals surface area contributed by atoms with Crippen LogP contribution in [0.3, 0.4) is 0 Å². The van der Waals surface area contributed by atoms with Crippen LogP contribution in [0.4, 0.5) is 0 Å². The van der Waals surface area contributed by atoms with Crippen LogP contribution >= 0.6 is 35.3 Å². The zero-order valence-corrected chi connectivity index (χ0v) is 19.3. The van der Waals surface area contributed by atoms with Crippen LogP contribution in [0.5, 0.6) is 5.75 Å². The molecule has 7 heteroatoms.